The highest BCUT2D eigenvalue weighted by Crippen LogP contribution is 2.15. The number of ether oxygens (including phenoxy) is 1. The van der Waals surface area contributed by atoms with E-state index in [0.29, 0.717) is 5.95 Å². The van der Waals surface area contributed by atoms with Crippen molar-refractivity contribution in [3.8, 4) is 12.0 Å². The van der Waals surface area contributed by atoms with Crippen LogP contribution >= 0.6 is 11.6 Å². The van der Waals surface area contributed by atoms with E-state index in [4.69, 9.17) is 16.3 Å². The minimum atomic E-state index is 0.0505. The van der Waals surface area contributed by atoms with E-state index in [0.717, 1.165) is 13.0 Å². The number of hydrogen-bond acceptors (Lipinski definition) is 7. The van der Waals surface area contributed by atoms with Gasteiger partial charge in [-0.05, 0) is 18.0 Å². The number of halogens is 1. The van der Waals surface area contributed by atoms with Crippen molar-refractivity contribution in [3.63, 3.8) is 0 Å². The van der Waals surface area contributed by atoms with Crippen molar-refractivity contribution in [2.24, 2.45) is 7.05 Å². The number of aromatic nitrogens is 6. The number of rotatable bonds is 5. The second-order valence-electron chi connectivity index (χ2n) is 3.44. The Bertz CT molecular complexity index is 529. The smallest absolute Gasteiger partial charge is 0.343 e. The number of nitrogens with one attached hydrogen (secondary N) is 1. The fraction of sp³-hybridized carbons (Fsp3) is 0.444. The van der Waals surface area contributed by atoms with Gasteiger partial charge in [0.25, 0.3) is 0 Å². The summed E-state index contributed by atoms with van der Waals surface area (Å²) in [7, 11) is 1.73. The molecular weight excluding hydrogens is 258 g/mol. The van der Waals surface area contributed by atoms with Gasteiger partial charge < -0.3 is 10.1 Å². The molecule has 2 aromatic heterocycles. The fourth-order valence-electron chi connectivity index (χ4n) is 1.14. The summed E-state index contributed by atoms with van der Waals surface area (Å²) in [4.78, 5) is 15.7. The third-order valence-corrected chi connectivity index (χ3v) is 2.05. The topological polar surface area (TPSA) is 90.6 Å². The highest BCUT2D eigenvalue weighted by Gasteiger charge is 2.09. The van der Waals surface area contributed by atoms with Crippen LogP contribution in [0.1, 0.15) is 13.3 Å². The molecule has 0 bridgehead atoms. The number of hydrogen-bond donors (Lipinski definition) is 1. The summed E-state index contributed by atoms with van der Waals surface area (Å²) in [6, 6.07) is 0.209. The van der Waals surface area contributed by atoms with E-state index in [1.807, 2.05) is 6.92 Å². The zero-order valence-electron chi connectivity index (χ0n) is 9.96. The van der Waals surface area contributed by atoms with E-state index in [1.54, 1.807) is 7.05 Å². The molecule has 18 heavy (non-hydrogen) atoms. The van der Waals surface area contributed by atoms with Gasteiger partial charge in [-0.1, -0.05) is 6.92 Å². The molecule has 0 spiro atoms. The maximum atomic E-state index is 5.77. The predicted molar refractivity (Wildman–Crippen MR) is 64.7 cm³/mol. The highest BCUT2D eigenvalue weighted by atomic mass is 35.5. The lowest BCUT2D eigenvalue weighted by Gasteiger charge is -2.04. The Morgan fingerprint density at radius 3 is 2.83 bits per heavy atom. The van der Waals surface area contributed by atoms with E-state index in [9.17, 15) is 0 Å². The van der Waals surface area contributed by atoms with Gasteiger partial charge in [0.2, 0.25) is 11.2 Å². The first-order valence-corrected chi connectivity index (χ1v) is 5.74. The van der Waals surface area contributed by atoms with Crippen LogP contribution in [0.15, 0.2) is 6.33 Å². The number of nitrogens with zero attached hydrogens (tertiary/aromatic N) is 6. The maximum absolute atomic E-state index is 5.77. The molecule has 8 nitrogen and oxygen atoms in total. The minimum absolute atomic E-state index is 0.0505. The first-order chi connectivity index (χ1) is 8.67. The van der Waals surface area contributed by atoms with Crippen LogP contribution in [0.3, 0.4) is 0 Å². The van der Waals surface area contributed by atoms with Gasteiger partial charge in [-0.25, -0.2) is 0 Å². The second-order valence-corrected chi connectivity index (χ2v) is 3.78. The van der Waals surface area contributed by atoms with Crippen LogP contribution in [-0.4, -0.2) is 36.3 Å². The van der Waals surface area contributed by atoms with Crippen molar-refractivity contribution in [1.82, 2.24) is 29.7 Å². The molecule has 0 aliphatic carbocycles. The highest BCUT2D eigenvalue weighted by molar-refractivity contribution is 6.28. The van der Waals surface area contributed by atoms with Crippen LogP contribution in [0.25, 0.3) is 0 Å². The van der Waals surface area contributed by atoms with Crippen molar-refractivity contribution in [3.05, 3.63) is 11.6 Å². The van der Waals surface area contributed by atoms with Crippen LogP contribution in [-0.2, 0) is 7.05 Å². The van der Waals surface area contributed by atoms with E-state index in [1.165, 1.54) is 11.0 Å². The summed E-state index contributed by atoms with van der Waals surface area (Å²) < 4.78 is 6.78. The van der Waals surface area contributed by atoms with Crippen molar-refractivity contribution < 1.29 is 4.74 Å². The minimum Gasteiger partial charge on any atom is -0.387 e. The lowest BCUT2D eigenvalue weighted by molar-refractivity contribution is 0.404. The average molecular weight is 270 g/mol. The lowest BCUT2D eigenvalue weighted by atomic mass is 10.5. The summed E-state index contributed by atoms with van der Waals surface area (Å²) in [6.07, 6.45) is 2.45. The van der Waals surface area contributed by atoms with Gasteiger partial charge in [0.15, 0.2) is 0 Å². The van der Waals surface area contributed by atoms with E-state index < -0.39 is 0 Å². The van der Waals surface area contributed by atoms with Gasteiger partial charge >= 0.3 is 12.0 Å². The summed E-state index contributed by atoms with van der Waals surface area (Å²) in [5.41, 5.74) is 0. The molecular formula is C9H12ClN7O. The van der Waals surface area contributed by atoms with E-state index >= 15 is 0 Å². The van der Waals surface area contributed by atoms with Gasteiger partial charge in [-0.3, -0.25) is 4.68 Å². The molecule has 0 saturated heterocycles. The molecule has 0 aromatic carbocycles. The molecule has 0 saturated carbocycles. The van der Waals surface area contributed by atoms with Crippen molar-refractivity contribution >= 4 is 17.5 Å². The second kappa shape index (κ2) is 5.58. The summed E-state index contributed by atoms with van der Waals surface area (Å²) in [5.74, 6) is 0.364. The van der Waals surface area contributed by atoms with Crippen molar-refractivity contribution in [2.75, 3.05) is 11.9 Å². The molecule has 2 heterocycles. The Kier molecular flexibility index (Phi) is 3.88. The number of anilines is 1. The van der Waals surface area contributed by atoms with E-state index in [2.05, 4.69) is 30.4 Å². The van der Waals surface area contributed by atoms with Crippen LogP contribution < -0.4 is 10.1 Å². The molecule has 9 heteroatoms. The van der Waals surface area contributed by atoms with Gasteiger partial charge in [-0.15, -0.1) is 5.10 Å². The maximum Gasteiger partial charge on any atom is 0.343 e. The Morgan fingerprint density at radius 2 is 2.17 bits per heavy atom. The lowest BCUT2D eigenvalue weighted by Crippen LogP contribution is -2.06. The Labute approximate surface area is 108 Å². The quantitative estimate of drug-likeness (QED) is 0.874. The zero-order chi connectivity index (χ0) is 13.0. The number of aryl methyl sites for hydroxylation is 1. The molecule has 0 radical (unpaired) electrons. The molecule has 0 atom stereocenters. The Hall–Kier alpha value is -1.96. The zero-order valence-corrected chi connectivity index (χ0v) is 10.7. The summed E-state index contributed by atoms with van der Waals surface area (Å²) in [5, 5.41) is 6.99. The molecule has 2 aromatic rings. The first-order valence-electron chi connectivity index (χ1n) is 5.36. The van der Waals surface area contributed by atoms with Crippen LogP contribution in [0, 0.1) is 0 Å². The third-order valence-electron chi connectivity index (χ3n) is 1.88. The molecule has 0 aliphatic rings. The molecule has 0 unspecified atom stereocenters. The van der Waals surface area contributed by atoms with Crippen LogP contribution in [0.2, 0.25) is 5.28 Å². The van der Waals surface area contributed by atoms with E-state index in [-0.39, 0.29) is 17.3 Å². The molecule has 0 amide bonds. The molecule has 1 N–H and O–H groups in total. The summed E-state index contributed by atoms with van der Waals surface area (Å²) in [6.45, 7) is 2.77. The Balaban J connectivity index is 2.14. The largest absolute Gasteiger partial charge is 0.387 e. The third kappa shape index (κ3) is 3.27. The molecule has 2 rings (SSSR count). The van der Waals surface area contributed by atoms with Gasteiger partial charge in [-0.2, -0.15) is 19.9 Å². The van der Waals surface area contributed by atoms with Crippen LogP contribution in [0.4, 0.5) is 5.95 Å². The Morgan fingerprint density at radius 1 is 1.33 bits per heavy atom. The average Bonchev–Trinajstić information content (AvgIpc) is 2.71. The SMILES string of the molecule is CCCNc1nc(Cl)nc(Oc2ncn(C)n2)n1. The fourth-order valence-corrected chi connectivity index (χ4v) is 1.29. The normalized spacial score (nSPS) is 10.4. The standard InChI is InChI=1S/C9H12ClN7O/c1-3-4-11-7-13-6(10)14-9(15-7)18-8-12-5-17(2)16-8/h5H,3-4H2,1-2H3,(H,11,13,14,15). The molecule has 96 valence electrons. The molecule has 0 fully saturated rings. The monoisotopic (exact) mass is 269 g/mol. The van der Waals surface area contributed by atoms with Crippen LogP contribution in [0.5, 0.6) is 12.0 Å². The van der Waals surface area contributed by atoms with Crippen molar-refractivity contribution in [1.29, 1.82) is 0 Å². The van der Waals surface area contributed by atoms with Gasteiger partial charge in [0, 0.05) is 13.6 Å². The first kappa shape index (κ1) is 12.5. The summed E-state index contributed by atoms with van der Waals surface area (Å²) >= 11 is 5.77. The van der Waals surface area contributed by atoms with Gasteiger partial charge in [0.1, 0.15) is 6.33 Å². The molecule has 0 aliphatic heterocycles. The van der Waals surface area contributed by atoms with Crippen molar-refractivity contribution in [2.45, 2.75) is 13.3 Å². The predicted octanol–water partition coefficient (Wildman–Crippen LogP) is 1.27. The van der Waals surface area contributed by atoms with Gasteiger partial charge in [0.05, 0.1) is 0 Å².